The number of nitrogens with one attached hydrogen (secondary N) is 1. The van der Waals surface area contributed by atoms with E-state index < -0.39 is 0 Å². The molecular formula is C17H19N3S. The molecule has 108 valence electrons. The van der Waals surface area contributed by atoms with Gasteiger partial charge < -0.3 is 5.32 Å². The molecule has 0 saturated heterocycles. The summed E-state index contributed by atoms with van der Waals surface area (Å²) >= 11 is 1.74. The van der Waals surface area contributed by atoms with Crippen LogP contribution in [0.5, 0.6) is 0 Å². The molecule has 0 aliphatic rings. The molecule has 0 radical (unpaired) electrons. The minimum Gasteiger partial charge on any atom is -0.310 e. The van der Waals surface area contributed by atoms with E-state index in [9.17, 15) is 0 Å². The predicted octanol–water partition coefficient (Wildman–Crippen LogP) is 3.89. The minimum absolute atomic E-state index is 0.296. The van der Waals surface area contributed by atoms with Gasteiger partial charge in [0.1, 0.15) is 0 Å². The van der Waals surface area contributed by atoms with Crippen molar-refractivity contribution in [1.82, 2.24) is 15.3 Å². The Hall–Kier alpha value is -1.78. The summed E-state index contributed by atoms with van der Waals surface area (Å²) < 4.78 is 0. The summed E-state index contributed by atoms with van der Waals surface area (Å²) in [6.45, 7) is 5.13. The summed E-state index contributed by atoms with van der Waals surface area (Å²) in [5.74, 6) is 0. The number of pyridine rings is 1. The van der Waals surface area contributed by atoms with Crippen LogP contribution >= 0.6 is 11.3 Å². The monoisotopic (exact) mass is 297 g/mol. The van der Waals surface area contributed by atoms with E-state index in [1.807, 2.05) is 19.2 Å². The van der Waals surface area contributed by atoms with Crippen molar-refractivity contribution in [3.63, 3.8) is 0 Å². The fourth-order valence-corrected chi connectivity index (χ4v) is 3.36. The van der Waals surface area contributed by atoms with Crippen molar-refractivity contribution >= 4 is 22.2 Å². The highest BCUT2D eigenvalue weighted by molar-refractivity contribution is 7.09. The standard InChI is InChI=1S/C17H19N3S/c1-3-18-16(10-17-20-12(2)11-21-17)14-6-7-15-13(9-14)5-4-8-19-15/h4-9,11,16,18H,3,10H2,1-2H3. The van der Waals surface area contributed by atoms with Crippen molar-refractivity contribution in [3.8, 4) is 0 Å². The van der Waals surface area contributed by atoms with Gasteiger partial charge in [0, 0.05) is 35.1 Å². The van der Waals surface area contributed by atoms with Crippen LogP contribution in [-0.4, -0.2) is 16.5 Å². The zero-order chi connectivity index (χ0) is 14.7. The fraction of sp³-hybridized carbons (Fsp3) is 0.294. The molecule has 0 amide bonds. The molecule has 1 N–H and O–H groups in total. The van der Waals surface area contributed by atoms with Crippen molar-refractivity contribution < 1.29 is 0 Å². The number of aromatic nitrogens is 2. The average molecular weight is 297 g/mol. The van der Waals surface area contributed by atoms with E-state index in [1.165, 1.54) is 16.0 Å². The van der Waals surface area contributed by atoms with E-state index in [0.29, 0.717) is 6.04 Å². The minimum atomic E-state index is 0.296. The molecule has 4 heteroatoms. The number of benzene rings is 1. The number of aryl methyl sites for hydroxylation is 1. The smallest absolute Gasteiger partial charge is 0.0947 e. The maximum absolute atomic E-state index is 4.59. The predicted molar refractivity (Wildman–Crippen MR) is 88.7 cm³/mol. The van der Waals surface area contributed by atoms with Gasteiger partial charge in [-0.05, 0) is 37.2 Å². The Bertz CT molecular complexity index is 735. The molecule has 1 unspecified atom stereocenters. The van der Waals surface area contributed by atoms with Crippen LogP contribution in [0.4, 0.5) is 0 Å². The van der Waals surface area contributed by atoms with E-state index in [2.05, 4.69) is 51.9 Å². The van der Waals surface area contributed by atoms with Gasteiger partial charge in [0.2, 0.25) is 0 Å². The van der Waals surface area contributed by atoms with Gasteiger partial charge in [0.15, 0.2) is 0 Å². The van der Waals surface area contributed by atoms with Gasteiger partial charge >= 0.3 is 0 Å². The number of hydrogen-bond donors (Lipinski definition) is 1. The SMILES string of the molecule is CCNC(Cc1nc(C)cs1)c1ccc2ncccc2c1. The van der Waals surface area contributed by atoms with Gasteiger partial charge in [-0.3, -0.25) is 4.98 Å². The van der Waals surface area contributed by atoms with Crippen molar-refractivity contribution in [2.75, 3.05) is 6.54 Å². The highest BCUT2D eigenvalue weighted by Crippen LogP contribution is 2.23. The van der Waals surface area contributed by atoms with Gasteiger partial charge in [0.25, 0.3) is 0 Å². The van der Waals surface area contributed by atoms with Crippen LogP contribution in [0.15, 0.2) is 41.9 Å². The highest BCUT2D eigenvalue weighted by Gasteiger charge is 2.13. The molecule has 3 aromatic rings. The van der Waals surface area contributed by atoms with Crippen LogP contribution in [-0.2, 0) is 6.42 Å². The van der Waals surface area contributed by atoms with E-state index >= 15 is 0 Å². The number of thiazole rings is 1. The van der Waals surface area contributed by atoms with Gasteiger partial charge in [-0.2, -0.15) is 0 Å². The zero-order valence-corrected chi connectivity index (χ0v) is 13.2. The lowest BCUT2D eigenvalue weighted by Crippen LogP contribution is -2.22. The molecular weight excluding hydrogens is 278 g/mol. The van der Waals surface area contributed by atoms with E-state index in [-0.39, 0.29) is 0 Å². The van der Waals surface area contributed by atoms with Crippen LogP contribution in [0.25, 0.3) is 10.9 Å². The molecule has 2 heterocycles. The quantitative estimate of drug-likeness (QED) is 0.776. The van der Waals surface area contributed by atoms with Gasteiger partial charge in [0.05, 0.1) is 10.5 Å². The van der Waals surface area contributed by atoms with Crippen LogP contribution in [0.1, 0.15) is 29.2 Å². The molecule has 0 fully saturated rings. The first kappa shape index (κ1) is 14.2. The number of fused-ring (bicyclic) bond motifs is 1. The maximum Gasteiger partial charge on any atom is 0.0947 e. The summed E-state index contributed by atoms with van der Waals surface area (Å²) in [5.41, 5.74) is 3.44. The van der Waals surface area contributed by atoms with Crippen molar-refractivity contribution in [2.24, 2.45) is 0 Å². The van der Waals surface area contributed by atoms with Crippen molar-refractivity contribution in [1.29, 1.82) is 0 Å². The first-order valence-electron chi connectivity index (χ1n) is 7.25. The third-order valence-electron chi connectivity index (χ3n) is 3.53. The molecule has 0 bridgehead atoms. The number of nitrogens with zero attached hydrogens (tertiary/aromatic N) is 2. The first-order valence-corrected chi connectivity index (χ1v) is 8.13. The second-order valence-electron chi connectivity index (χ2n) is 5.15. The molecule has 1 atom stereocenters. The normalized spacial score (nSPS) is 12.7. The lowest BCUT2D eigenvalue weighted by Gasteiger charge is -2.17. The lowest BCUT2D eigenvalue weighted by molar-refractivity contribution is 0.549. The molecule has 21 heavy (non-hydrogen) atoms. The van der Waals surface area contributed by atoms with Gasteiger partial charge in [-0.1, -0.05) is 19.1 Å². The largest absolute Gasteiger partial charge is 0.310 e. The Morgan fingerprint density at radius 1 is 1.29 bits per heavy atom. The van der Waals surface area contributed by atoms with Crippen molar-refractivity contribution in [2.45, 2.75) is 26.3 Å². The topological polar surface area (TPSA) is 37.8 Å². The first-order chi connectivity index (χ1) is 10.3. The number of likely N-dealkylation sites (N-methyl/N-ethyl adjacent to an activating group) is 1. The van der Waals surface area contributed by atoms with Crippen LogP contribution in [0, 0.1) is 6.92 Å². The Balaban J connectivity index is 1.90. The highest BCUT2D eigenvalue weighted by atomic mass is 32.1. The second kappa shape index (κ2) is 6.33. The average Bonchev–Trinajstić information content (AvgIpc) is 2.91. The fourth-order valence-electron chi connectivity index (χ4n) is 2.54. The van der Waals surface area contributed by atoms with Crippen LogP contribution in [0.3, 0.4) is 0 Å². The molecule has 0 saturated carbocycles. The number of rotatable bonds is 5. The van der Waals surface area contributed by atoms with Gasteiger partial charge in [-0.25, -0.2) is 4.98 Å². The van der Waals surface area contributed by atoms with E-state index in [4.69, 9.17) is 0 Å². The Labute approximate surface area is 129 Å². The Morgan fingerprint density at radius 2 is 2.19 bits per heavy atom. The molecule has 3 nitrogen and oxygen atoms in total. The molecule has 0 aliphatic carbocycles. The molecule has 1 aromatic carbocycles. The van der Waals surface area contributed by atoms with Crippen LogP contribution < -0.4 is 5.32 Å². The summed E-state index contributed by atoms with van der Waals surface area (Å²) in [6.07, 6.45) is 2.76. The maximum atomic E-state index is 4.59. The lowest BCUT2D eigenvalue weighted by atomic mass is 10.0. The summed E-state index contributed by atoms with van der Waals surface area (Å²) in [6, 6.07) is 10.9. The Kier molecular flexibility index (Phi) is 4.27. The number of hydrogen-bond acceptors (Lipinski definition) is 4. The van der Waals surface area contributed by atoms with E-state index in [1.54, 1.807) is 11.3 Å². The molecule has 0 aliphatic heterocycles. The summed E-state index contributed by atoms with van der Waals surface area (Å²) in [7, 11) is 0. The van der Waals surface area contributed by atoms with Crippen LogP contribution in [0.2, 0.25) is 0 Å². The zero-order valence-electron chi connectivity index (χ0n) is 12.3. The van der Waals surface area contributed by atoms with Gasteiger partial charge in [-0.15, -0.1) is 11.3 Å². The Morgan fingerprint density at radius 3 is 2.95 bits per heavy atom. The molecule has 2 aromatic heterocycles. The molecule has 0 spiro atoms. The van der Waals surface area contributed by atoms with E-state index in [0.717, 1.165) is 24.2 Å². The molecule has 3 rings (SSSR count). The third-order valence-corrected chi connectivity index (χ3v) is 4.51. The summed E-state index contributed by atoms with van der Waals surface area (Å²) in [5, 5.41) is 8.05. The second-order valence-corrected chi connectivity index (χ2v) is 6.10. The van der Waals surface area contributed by atoms with Crippen molar-refractivity contribution in [3.05, 3.63) is 58.2 Å². The summed E-state index contributed by atoms with van der Waals surface area (Å²) in [4.78, 5) is 8.97. The third kappa shape index (κ3) is 3.28.